The van der Waals surface area contributed by atoms with Gasteiger partial charge in [-0.1, -0.05) is 47.4 Å². The second kappa shape index (κ2) is 5.74. The standard InChI is InChI=1S/C11H14BrClO/c1-8(2)6-14-7-9-3-4-10(12)5-11(9)13/h3-5,8H,6-7H2,1-2H3. The van der Waals surface area contributed by atoms with Crippen molar-refractivity contribution >= 4 is 27.5 Å². The van der Waals surface area contributed by atoms with E-state index < -0.39 is 0 Å². The minimum atomic E-state index is 0.559. The highest BCUT2D eigenvalue weighted by molar-refractivity contribution is 9.10. The van der Waals surface area contributed by atoms with Crippen LogP contribution in [0.5, 0.6) is 0 Å². The highest BCUT2D eigenvalue weighted by atomic mass is 79.9. The maximum absolute atomic E-state index is 6.03. The van der Waals surface area contributed by atoms with Crippen LogP contribution in [0.1, 0.15) is 19.4 Å². The van der Waals surface area contributed by atoms with Gasteiger partial charge in [0.2, 0.25) is 0 Å². The fourth-order valence-electron chi connectivity index (χ4n) is 1.04. The van der Waals surface area contributed by atoms with Gasteiger partial charge in [0, 0.05) is 16.1 Å². The SMILES string of the molecule is CC(C)COCc1ccc(Br)cc1Cl. The minimum absolute atomic E-state index is 0.559. The summed E-state index contributed by atoms with van der Waals surface area (Å²) in [7, 11) is 0. The normalized spacial score (nSPS) is 10.9. The Labute approximate surface area is 98.5 Å². The van der Waals surface area contributed by atoms with E-state index in [-0.39, 0.29) is 0 Å². The van der Waals surface area contributed by atoms with Crippen LogP contribution in [-0.2, 0) is 11.3 Å². The summed E-state index contributed by atoms with van der Waals surface area (Å²) in [5, 5.41) is 0.753. The number of rotatable bonds is 4. The van der Waals surface area contributed by atoms with Crippen molar-refractivity contribution < 1.29 is 4.74 Å². The zero-order chi connectivity index (χ0) is 10.6. The van der Waals surface area contributed by atoms with Crippen LogP contribution in [0.15, 0.2) is 22.7 Å². The van der Waals surface area contributed by atoms with Gasteiger partial charge in [-0.25, -0.2) is 0 Å². The van der Waals surface area contributed by atoms with Crippen LogP contribution >= 0.6 is 27.5 Å². The van der Waals surface area contributed by atoms with Gasteiger partial charge in [-0.3, -0.25) is 0 Å². The van der Waals surface area contributed by atoms with Crippen LogP contribution in [0, 0.1) is 5.92 Å². The van der Waals surface area contributed by atoms with Gasteiger partial charge in [0.05, 0.1) is 6.61 Å². The molecule has 0 bridgehead atoms. The summed E-state index contributed by atoms with van der Waals surface area (Å²) in [6.45, 7) is 5.61. The lowest BCUT2D eigenvalue weighted by Crippen LogP contribution is -2.02. The molecule has 14 heavy (non-hydrogen) atoms. The summed E-state index contributed by atoms with van der Waals surface area (Å²) < 4.78 is 6.50. The summed E-state index contributed by atoms with van der Waals surface area (Å²) in [6.07, 6.45) is 0. The van der Waals surface area contributed by atoms with Crippen LogP contribution in [0.4, 0.5) is 0 Å². The third kappa shape index (κ3) is 3.99. The summed E-state index contributed by atoms with van der Waals surface area (Å²) in [4.78, 5) is 0. The molecule has 0 spiro atoms. The van der Waals surface area contributed by atoms with E-state index in [1.807, 2.05) is 18.2 Å². The largest absolute Gasteiger partial charge is 0.376 e. The van der Waals surface area contributed by atoms with Gasteiger partial charge in [-0.15, -0.1) is 0 Å². The molecule has 1 aromatic rings. The molecule has 0 aromatic heterocycles. The molecule has 0 fully saturated rings. The third-order valence-corrected chi connectivity index (χ3v) is 2.57. The van der Waals surface area contributed by atoms with Gasteiger partial charge in [-0.2, -0.15) is 0 Å². The minimum Gasteiger partial charge on any atom is -0.376 e. The van der Waals surface area contributed by atoms with Crippen LogP contribution < -0.4 is 0 Å². The van der Waals surface area contributed by atoms with Crippen LogP contribution in [-0.4, -0.2) is 6.61 Å². The average molecular weight is 278 g/mol. The Balaban J connectivity index is 2.51. The Morgan fingerprint density at radius 2 is 2.14 bits per heavy atom. The lowest BCUT2D eigenvalue weighted by atomic mass is 10.2. The maximum Gasteiger partial charge on any atom is 0.0731 e. The van der Waals surface area contributed by atoms with Crippen molar-refractivity contribution in [3.63, 3.8) is 0 Å². The van der Waals surface area contributed by atoms with Crippen molar-refractivity contribution in [1.29, 1.82) is 0 Å². The van der Waals surface area contributed by atoms with Gasteiger partial charge in [0.1, 0.15) is 0 Å². The van der Waals surface area contributed by atoms with E-state index in [0.717, 1.165) is 21.7 Å². The first-order chi connectivity index (χ1) is 6.59. The number of halogens is 2. The fraction of sp³-hybridized carbons (Fsp3) is 0.455. The first-order valence-corrected chi connectivity index (χ1v) is 5.78. The smallest absolute Gasteiger partial charge is 0.0731 e. The molecule has 0 saturated carbocycles. The second-order valence-corrected chi connectivity index (χ2v) is 4.97. The predicted octanol–water partition coefficient (Wildman–Crippen LogP) is 4.28. The van der Waals surface area contributed by atoms with Crippen molar-refractivity contribution in [3.8, 4) is 0 Å². The van der Waals surface area contributed by atoms with Crippen LogP contribution in [0.2, 0.25) is 5.02 Å². The summed E-state index contributed by atoms with van der Waals surface area (Å²) in [5.41, 5.74) is 1.04. The molecule has 0 aliphatic heterocycles. The van der Waals surface area contributed by atoms with Gasteiger partial charge in [0.15, 0.2) is 0 Å². The van der Waals surface area contributed by atoms with Gasteiger partial charge < -0.3 is 4.74 Å². The van der Waals surface area contributed by atoms with Crippen molar-refractivity contribution in [2.45, 2.75) is 20.5 Å². The molecule has 0 atom stereocenters. The topological polar surface area (TPSA) is 9.23 Å². The maximum atomic E-state index is 6.03. The molecule has 0 heterocycles. The summed E-state index contributed by atoms with van der Waals surface area (Å²) in [6, 6.07) is 5.84. The predicted molar refractivity (Wildman–Crippen MR) is 63.6 cm³/mol. The molecule has 0 radical (unpaired) electrons. The van der Waals surface area contributed by atoms with Gasteiger partial charge >= 0.3 is 0 Å². The van der Waals surface area contributed by atoms with Crippen molar-refractivity contribution in [1.82, 2.24) is 0 Å². The Bertz CT molecular complexity index is 299. The molecule has 3 heteroatoms. The van der Waals surface area contributed by atoms with E-state index >= 15 is 0 Å². The van der Waals surface area contributed by atoms with E-state index in [9.17, 15) is 0 Å². The molecule has 0 saturated heterocycles. The molecule has 0 aliphatic rings. The quantitative estimate of drug-likeness (QED) is 0.798. The molecule has 0 N–H and O–H groups in total. The van der Waals surface area contributed by atoms with Crippen molar-refractivity contribution in [2.24, 2.45) is 5.92 Å². The lowest BCUT2D eigenvalue weighted by Gasteiger charge is -2.08. The summed E-state index contributed by atoms with van der Waals surface area (Å²) in [5.74, 6) is 0.559. The number of benzene rings is 1. The Kier molecular flexibility index (Phi) is 4.93. The number of hydrogen-bond acceptors (Lipinski definition) is 1. The first kappa shape index (κ1) is 12.0. The van der Waals surface area contributed by atoms with E-state index in [1.165, 1.54) is 0 Å². The summed E-state index contributed by atoms with van der Waals surface area (Å²) >= 11 is 9.40. The zero-order valence-electron chi connectivity index (χ0n) is 8.39. The Morgan fingerprint density at radius 3 is 2.71 bits per heavy atom. The first-order valence-electron chi connectivity index (χ1n) is 4.61. The molecule has 1 rings (SSSR count). The molecule has 1 aromatic carbocycles. The van der Waals surface area contributed by atoms with Gasteiger partial charge in [-0.05, 0) is 23.6 Å². The van der Waals surface area contributed by atoms with Gasteiger partial charge in [0.25, 0.3) is 0 Å². The van der Waals surface area contributed by atoms with Crippen LogP contribution in [0.3, 0.4) is 0 Å². The monoisotopic (exact) mass is 276 g/mol. The third-order valence-electron chi connectivity index (χ3n) is 1.72. The van der Waals surface area contributed by atoms with Crippen molar-refractivity contribution in [3.05, 3.63) is 33.3 Å². The van der Waals surface area contributed by atoms with Crippen LogP contribution in [0.25, 0.3) is 0 Å². The number of hydrogen-bond donors (Lipinski definition) is 0. The molecule has 0 amide bonds. The highest BCUT2D eigenvalue weighted by Gasteiger charge is 2.01. The lowest BCUT2D eigenvalue weighted by molar-refractivity contribution is 0.0971. The van der Waals surface area contributed by atoms with E-state index in [1.54, 1.807) is 0 Å². The molecular formula is C11H14BrClO. The van der Waals surface area contributed by atoms with Crippen molar-refractivity contribution in [2.75, 3.05) is 6.61 Å². The molecule has 0 aliphatic carbocycles. The Hall–Kier alpha value is -0.0500. The molecule has 78 valence electrons. The second-order valence-electron chi connectivity index (χ2n) is 3.64. The highest BCUT2D eigenvalue weighted by Crippen LogP contribution is 2.21. The molecule has 1 nitrogen and oxygen atoms in total. The average Bonchev–Trinajstić information content (AvgIpc) is 2.08. The fourth-order valence-corrected chi connectivity index (χ4v) is 1.77. The van der Waals surface area contributed by atoms with E-state index in [4.69, 9.17) is 16.3 Å². The Morgan fingerprint density at radius 1 is 1.43 bits per heavy atom. The van der Waals surface area contributed by atoms with E-state index in [0.29, 0.717) is 12.5 Å². The number of ether oxygens (including phenoxy) is 1. The zero-order valence-corrected chi connectivity index (χ0v) is 10.7. The molecule has 0 unspecified atom stereocenters. The molecular weight excluding hydrogens is 263 g/mol. The van der Waals surface area contributed by atoms with E-state index in [2.05, 4.69) is 29.8 Å².